The molecule has 2 fully saturated rings. The first kappa shape index (κ1) is 27.4. The van der Waals surface area contributed by atoms with Gasteiger partial charge in [-0.3, -0.25) is 14.4 Å². The third kappa shape index (κ3) is 6.70. The summed E-state index contributed by atoms with van der Waals surface area (Å²) in [4.78, 5) is 41.8. The van der Waals surface area contributed by atoms with Crippen molar-refractivity contribution in [2.45, 2.75) is 76.7 Å². The molecule has 39 heavy (non-hydrogen) atoms. The molecule has 2 aromatic rings. The maximum atomic E-state index is 13.8. The molecule has 2 saturated carbocycles. The second-order valence-corrected chi connectivity index (χ2v) is 11.7. The van der Waals surface area contributed by atoms with Gasteiger partial charge in [0.05, 0.1) is 23.8 Å². The first-order valence-corrected chi connectivity index (χ1v) is 14.8. The molecule has 3 aliphatic rings. The fraction of sp³-hybridized carbons (Fsp3) is 0.531. The van der Waals surface area contributed by atoms with E-state index < -0.39 is 6.04 Å². The predicted octanol–water partition coefficient (Wildman–Crippen LogP) is 5.57. The van der Waals surface area contributed by atoms with E-state index in [9.17, 15) is 14.4 Å². The second-order valence-electron chi connectivity index (χ2n) is 11.7. The molecule has 0 bridgehead atoms. The van der Waals surface area contributed by atoms with Crippen LogP contribution in [0.1, 0.15) is 92.6 Å². The molecule has 3 amide bonds. The number of hydrogen-bond acceptors (Lipinski definition) is 4. The van der Waals surface area contributed by atoms with E-state index in [0.717, 1.165) is 31.2 Å². The van der Waals surface area contributed by atoms with Gasteiger partial charge in [-0.05, 0) is 73.7 Å². The minimum absolute atomic E-state index is 0.0254. The fourth-order valence-corrected chi connectivity index (χ4v) is 6.76. The van der Waals surface area contributed by atoms with E-state index in [0.29, 0.717) is 54.2 Å². The Morgan fingerprint density at radius 2 is 1.69 bits per heavy atom. The summed E-state index contributed by atoms with van der Waals surface area (Å²) in [6, 6.07) is 14.7. The number of benzene rings is 2. The van der Waals surface area contributed by atoms with Gasteiger partial charge in [-0.25, -0.2) is 0 Å². The van der Waals surface area contributed by atoms with Crippen molar-refractivity contribution < 1.29 is 14.4 Å². The van der Waals surface area contributed by atoms with Crippen molar-refractivity contribution in [1.82, 2.24) is 5.32 Å². The summed E-state index contributed by atoms with van der Waals surface area (Å²) < 4.78 is 0. The van der Waals surface area contributed by atoms with E-state index in [1.807, 2.05) is 36.4 Å². The molecule has 4 N–H and O–H groups in total. The minimum atomic E-state index is -0.398. The van der Waals surface area contributed by atoms with Crippen molar-refractivity contribution in [2.75, 3.05) is 23.3 Å². The van der Waals surface area contributed by atoms with Crippen LogP contribution >= 0.6 is 0 Å². The van der Waals surface area contributed by atoms with Crippen LogP contribution in [-0.4, -0.2) is 30.8 Å². The van der Waals surface area contributed by atoms with Gasteiger partial charge in [-0.15, -0.1) is 0 Å². The SMILES string of the molecule is NCC1CCCC(CNC(=O)c2ccc3c(c2)NC(=O)CC(c2ccccc2)N3C(=O)CCC2CCCC2)C1. The van der Waals surface area contributed by atoms with Crippen LogP contribution in [0.15, 0.2) is 48.5 Å². The molecule has 3 atom stereocenters. The normalized spacial score (nSPS) is 23.6. The summed E-state index contributed by atoms with van der Waals surface area (Å²) in [7, 11) is 0. The Morgan fingerprint density at radius 1 is 0.949 bits per heavy atom. The monoisotopic (exact) mass is 530 g/mol. The van der Waals surface area contributed by atoms with E-state index in [1.165, 1.54) is 32.1 Å². The highest BCUT2D eigenvalue weighted by Gasteiger charge is 2.34. The number of amides is 3. The molecule has 0 saturated heterocycles. The third-order valence-corrected chi connectivity index (χ3v) is 8.95. The summed E-state index contributed by atoms with van der Waals surface area (Å²) >= 11 is 0. The molecule has 2 aliphatic carbocycles. The van der Waals surface area contributed by atoms with E-state index in [2.05, 4.69) is 10.6 Å². The smallest absolute Gasteiger partial charge is 0.251 e. The molecule has 2 aromatic carbocycles. The molecule has 5 rings (SSSR count). The minimum Gasteiger partial charge on any atom is -0.352 e. The summed E-state index contributed by atoms with van der Waals surface area (Å²) in [5.74, 6) is 1.28. The molecule has 0 radical (unpaired) electrons. The van der Waals surface area contributed by atoms with E-state index in [1.54, 1.807) is 17.0 Å². The Balaban J connectivity index is 1.37. The van der Waals surface area contributed by atoms with Gasteiger partial charge in [-0.1, -0.05) is 62.4 Å². The van der Waals surface area contributed by atoms with Crippen LogP contribution < -0.4 is 21.3 Å². The lowest BCUT2D eigenvalue weighted by molar-refractivity contribution is -0.119. The quantitative estimate of drug-likeness (QED) is 0.415. The Labute approximate surface area is 231 Å². The highest BCUT2D eigenvalue weighted by molar-refractivity contribution is 6.06. The van der Waals surface area contributed by atoms with E-state index >= 15 is 0 Å². The van der Waals surface area contributed by atoms with Crippen molar-refractivity contribution >= 4 is 29.1 Å². The van der Waals surface area contributed by atoms with Gasteiger partial charge in [0.25, 0.3) is 5.91 Å². The predicted molar refractivity (Wildman–Crippen MR) is 154 cm³/mol. The summed E-state index contributed by atoms with van der Waals surface area (Å²) in [5.41, 5.74) is 8.46. The molecule has 1 aliphatic heterocycles. The lowest BCUT2D eigenvalue weighted by atomic mass is 9.81. The first-order chi connectivity index (χ1) is 19.0. The summed E-state index contributed by atoms with van der Waals surface area (Å²) in [6.07, 6.45) is 10.9. The number of rotatable bonds is 8. The molecule has 7 heteroatoms. The Bertz CT molecular complexity index is 1160. The number of carbonyl (C=O) groups is 3. The van der Waals surface area contributed by atoms with Gasteiger partial charge >= 0.3 is 0 Å². The van der Waals surface area contributed by atoms with E-state index in [4.69, 9.17) is 5.73 Å². The zero-order chi connectivity index (χ0) is 27.2. The standard InChI is InChI=1S/C32H42N4O3/c33-20-23-9-6-10-24(17-23)21-34-32(39)26-14-15-28-27(18-26)35-30(37)19-29(25-11-2-1-3-12-25)36(28)31(38)16-13-22-7-4-5-8-22/h1-3,11-12,14-15,18,22-24,29H,4-10,13,16-17,19-21,33H2,(H,34,39)(H,35,37). The van der Waals surface area contributed by atoms with Crippen LogP contribution in [0.2, 0.25) is 0 Å². The maximum absolute atomic E-state index is 13.8. The first-order valence-electron chi connectivity index (χ1n) is 14.8. The number of anilines is 2. The summed E-state index contributed by atoms with van der Waals surface area (Å²) in [5, 5.41) is 6.09. The van der Waals surface area contributed by atoms with Crippen LogP contribution in [0.3, 0.4) is 0 Å². The average molecular weight is 531 g/mol. The maximum Gasteiger partial charge on any atom is 0.251 e. The van der Waals surface area contributed by atoms with Crippen LogP contribution in [0.5, 0.6) is 0 Å². The van der Waals surface area contributed by atoms with Gasteiger partial charge in [0.2, 0.25) is 11.8 Å². The Kier molecular flexibility index (Phi) is 8.97. The number of fused-ring (bicyclic) bond motifs is 1. The Morgan fingerprint density at radius 3 is 2.46 bits per heavy atom. The molecule has 7 nitrogen and oxygen atoms in total. The van der Waals surface area contributed by atoms with Crippen molar-refractivity contribution in [1.29, 1.82) is 0 Å². The van der Waals surface area contributed by atoms with Crippen LogP contribution in [0.4, 0.5) is 11.4 Å². The highest BCUT2D eigenvalue weighted by atomic mass is 16.2. The lowest BCUT2D eigenvalue weighted by Crippen LogP contribution is -2.35. The van der Waals surface area contributed by atoms with Gasteiger partial charge in [0.15, 0.2) is 0 Å². The molecule has 0 aromatic heterocycles. The second kappa shape index (κ2) is 12.8. The number of nitrogens with one attached hydrogen (secondary N) is 2. The molecule has 208 valence electrons. The van der Waals surface area contributed by atoms with Crippen molar-refractivity contribution in [2.24, 2.45) is 23.5 Å². The van der Waals surface area contributed by atoms with Gasteiger partial charge in [0.1, 0.15) is 0 Å². The van der Waals surface area contributed by atoms with Crippen molar-refractivity contribution in [3.8, 4) is 0 Å². The van der Waals surface area contributed by atoms with Gasteiger partial charge < -0.3 is 21.3 Å². The average Bonchev–Trinajstić information content (AvgIpc) is 3.44. The zero-order valence-electron chi connectivity index (χ0n) is 22.9. The van der Waals surface area contributed by atoms with Crippen LogP contribution in [0.25, 0.3) is 0 Å². The molecular formula is C32H42N4O3. The number of nitrogens with two attached hydrogens (primary N) is 1. The molecular weight excluding hydrogens is 488 g/mol. The Hall–Kier alpha value is -3.19. The third-order valence-electron chi connectivity index (χ3n) is 8.95. The summed E-state index contributed by atoms with van der Waals surface area (Å²) in [6.45, 7) is 1.33. The highest BCUT2D eigenvalue weighted by Crippen LogP contribution is 2.40. The van der Waals surface area contributed by atoms with Crippen LogP contribution in [0, 0.1) is 17.8 Å². The largest absolute Gasteiger partial charge is 0.352 e. The van der Waals surface area contributed by atoms with Gasteiger partial charge in [0, 0.05) is 18.5 Å². The molecule has 1 heterocycles. The van der Waals surface area contributed by atoms with Crippen LogP contribution in [-0.2, 0) is 9.59 Å². The zero-order valence-corrected chi connectivity index (χ0v) is 22.9. The number of nitrogens with zero attached hydrogens (tertiary/aromatic N) is 1. The van der Waals surface area contributed by atoms with E-state index in [-0.39, 0.29) is 24.1 Å². The lowest BCUT2D eigenvalue weighted by Gasteiger charge is -2.31. The molecule has 0 spiro atoms. The fourth-order valence-electron chi connectivity index (χ4n) is 6.76. The van der Waals surface area contributed by atoms with Crippen molar-refractivity contribution in [3.63, 3.8) is 0 Å². The van der Waals surface area contributed by atoms with Gasteiger partial charge in [-0.2, -0.15) is 0 Å². The molecule has 3 unspecified atom stereocenters. The topological polar surface area (TPSA) is 105 Å². The van der Waals surface area contributed by atoms with Crippen molar-refractivity contribution in [3.05, 3.63) is 59.7 Å². The number of hydrogen-bond donors (Lipinski definition) is 3. The number of carbonyl (C=O) groups excluding carboxylic acids is 3.